The summed E-state index contributed by atoms with van der Waals surface area (Å²) in [6, 6.07) is 3.91. The summed E-state index contributed by atoms with van der Waals surface area (Å²) < 4.78 is 0. The van der Waals surface area contributed by atoms with Crippen LogP contribution in [0.15, 0.2) is 17.0 Å². The highest BCUT2D eigenvalue weighted by Gasteiger charge is 2.20. The molecule has 1 aliphatic rings. The van der Waals surface area contributed by atoms with Crippen LogP contribution in [0.3, 0.4) is 0 Å². The molecule has 0 aliphatic heterocycles. The zero-order valence-electron chi connectivity index (χ0n) is 9.05. The van der Waals surface area contributed by atoms with Gasteiger partial charge in [-0.25, -0.2) is 0 Å². The molecule has 0 radical (unpaired) electrons. The lowest BCUT2D eigenvalue weighted by atomic mass is 9.86. The van der Waals surface area contributed by atoms with E-state index in [1.54, 1.807) is 0 Å². The summed E-state index contributed by atoms with van der Waals surface area (Å²) in [7, 11) is 0. The van der Waals surface area contributed by atoms with Crippen molar-refractivity contribution in [3.05, 3.63) is 28.8 Å². The van der Waals surface area contributed by atoms with E-state index in [-0.39, 0.29) is 0 Å². The molecule has 0 saturated carbocycles. The molecule has 0 amide bonds. The Morgan fingerprint density at radius 2 is 2.13 bits per heavy atom. The number of hydrogen-bond donors (Lipinski definition) is 1. The number of carbonyl (C=O) groups is 1. The number of benzene rings is 1. The van der Waals surface area contributed by atoms with Crippen LogP contribution < -0.4 is 0 Å². The Morgan fingerprint density at radius 1 is 1.33 bits per heavy atom. The van der Waals surface area contributed by atoms with Gasteiger partial charge in [0.15, 0.2) is 5.78 Å². The lowest BCUT2D eigenvalue weighted by molar-refractivity contribution is 0.0972. The third-order valence-electron chi connectivity index (χ3n) is 3.04. The second-order valence-corrected chi connectivity index (χ2v) is 4.60. The van der Waals surface area contributed by atoms with Crippen molar-refractivity contribution >= 4 is 18.4 Å². The molecule has 0 unspecified atom stereocenters. The summed E-state index contributed by atoms with van der Waals surface area (Å²) >= 11 is 4.48. The molecule has 1 aromatic carbocycles. The van der Waals surface area contributed by atoms with Crippen molar-refractivity contribution in [3.8, 4) is 0 Å². The molecule has 0 aromatic heterocycles. The number of carbonyl (C=O) groups excluding carboxylic acids is 1. The molecule has 0 spiro atoms. The van der Waals surface area contributed by atoms with Gasteiger partial charge < -0.3 is 0 Å². The van der Waals surface area contributed by atoms with Crippen molar-refractivity contribution in [2.45, 2.75) is 43.9 Å². The number of ketones is 1. The van der Waals surface area contributed by atoms with Gasteiger partial charge in [0.1, 0.15) is 0 Å². The highest BCUT2D eigenvalue weighted by molar-refractivity contribution is 7.80. The Kier molecular flexibility index (Phi) is 3.15. The molecule has 2 heteroatoms. The molecule has 0 saturated heterocycles. The molecule has 15 heavy (non-hydrogen) atoms. The zero-order valence-corrected chi connectivity index (χ0v) is 9.94. The number of hydrogen-bond acceptors (Lipinski definition) is 2. The van der Waals surface area contributed by atoms with Crippen molar-refractivity contribution in [2.75, 3.05) is 0 Å². The van der Waals surface area contributed by atoms with Crippen molar-refractivity contribution in [2.24, 2.45) is 0 Å². The van der Waals surface area contributed by atoms with E-state index in [1.807, 2.05) is 12.1 Å². The van der Waals surface area contributed by atoms with Crippen LogP contribution in [0.1, 0.15) is 47.7 Å². The third kappa shape index (κ3) is 1.96. The first-order valence-electron chi connectivity index (χ1n) is 5.61. The van der Waals surface area contributed by atoms with Gasteiger partial charge in [-0.15, -0.1) is 12.6 Å². The third-order valence-corrected chi connectivity index (χ3v) is 3.46. The predicted molar refractivity (Wildman–Crippen MR) is 65.0 cm³/mol. The van der Waals surface area contributed by atoms with Gasteiger partial charge in [-0.05, 0) is 36.5 Å². The smallest absolute Gasteiger partial charge is 0.163 e. The van der Waals surface area contributed by atoms with E-state index >= 15 is 0 Å². The van der Waals surface area contributed by atoms with Gasteiger partial charge in [0.25, 0.3) is 0 Å². The second-order valence-electron chi connectivity index (χ2n) is 4.12. The molecule has 0 atom stereocenters. The fourth-order valence-corrected chi connectivity index (χ4v) is 2.64. The number of Topliss-reactive ketones (excluding diaryl/α,β-unsaturated/α-hetero) is 1. The maximum absolute atomic E-state index is 11.7. The largest absolute Gasteiger partial charge is 0.294 e. The number of fused-ring (bicyclic) bond motifs is 1. The maximum atomic E-state index is 11.7. The normalized spacial score (nSPS) is 15.2. The minimum Gasteiger partial charge on any atom is -0.294 e. The molecule has 0 bridgehead atoms. The Morgan fingerprint density at radius 3 is 2.87 bits per heavy atom. The summed E-state index contributed by atoms with van der Waals surface area (Å²) in [5.41, 5.74) is 3.51. The highest BCUT2D eigenvalue weighted by atomic mass is 32.1. The van der Waals surface area contributed by atoms with Gasteiger partial charge in [-0.3, -0.25) is 4.79 Å². The van der Waals surface area contributed by atoms with Crippen LogP contribution in [0.5, 0.6) is 0 Å². The molecule has 80 valence electrons. The van der Waals surface area contributed by atoms with Crippen LogP contribution in [-0.2, 0) is 12.8 Å². The molecular formula is C13H16OS. The van der Waals surface area contributed by atoms with Crippen LogP contribution >= 0.6 is 12.6 Å². The SMILES string of the molecule is CCCc1c(S)ccc2c1CCCC2=O. The van der Waals surface area contributed by atoms with Crippen LogP contribution in [0.25, 0.3) is 0 Å². The Labute approximate surface area is 96.3 Å². The van der Waals surface area contributed by atoms with Gasteiger partial charge in [-0.1, -0.05) is 19.4 Å². The average Bonchev–Trinajstić information content (AvgIpc) is 2.23. The first-order chi connectivity index (χ1) is 7.24. The number of rotatable bonds is 2. The van der Waals surface area contributed by atoms with Crippen molar-refractivity contribution in [1.82, 2.24) is 0 Å². The first kappa shape index (κ1) is 10.7. The zero-order chi connectivity index (χ0) is 10.8. The van der Waals surface area contributed by atoms with E-state index in [9.17, 15) is 4.79 Å². The van der Waals surface area contributed by atoms with Crippen LogP contribution in [-0.4, -0.2) is 5.78 Å². The molecule has 0 fully saturated rings. The highest BCUT2D eigenvalue weighted by Crippen LogP contribution is 2.29. The van der Waals surface area contributed by atoms with E-state index in [0.29, 0.717) is 12.2 Å². The minimum atomic E-state index is 0.307. The molecule has 1 nitrogen and oxygen atoms in total. The number of thiol groups is 1. The first-order valence-corrected chi connectivity index (χ1v) is 6.05. The van der Waals surface area contributed by atoms with E-state index in [2.05, 4.69) is 19.6 Å². The van der Waals surface area contributed by atoms with Crippen molar-refractivity contribution < 1.29 is 4.79 Å². The topological polar surface area (TPSA) is 17.1 Å². The Balaban J connectivity index is 2.53. The van der Waals surface area contributed by atoms with Gasteiger partial charge in [-0.2, -0.15) is 0 Å². The summed E-state index contributed by atoms with van der Waals surface area (Å²) in [6.07, 6.45) is 4.91. The standard InChI is InChI=1S/C13H16OS/c1-2-4-11-9-5-3-6-12(14)10(9)7-8-13(11)15/h7-8,15H,2-6H2,1H3. The van der Waals surface area contributed by atoms with E-state index in [1.165, 1.54) is 11.1 Å². The fourth-order valence-electron chi connectivity index (χ4n) is 2.32. The van der Waals surface area contributed by atoms with Crippen LogP contribution in [0.4, 0.5) is 0 Å². The van der Waals surface area contributed by atoms with E-state index in [4.69, 9.17) is 0 Å². The average molecular weight is 220 g/mol. The minimum absolute atomic E-state index is 0.307. The molecule has 0 heterocycles. The van der Waals surface area contributed by atoms with Crippen LogP contribution in [0, 0.1) is 0 Å². The van der Waals surface area contributed by atoms with E-state index < -0.39 is 0 Å². The van der Waals surface area contributed by atoms with Crippen molar-refractivity contribution in [1.29, 1.82) is 0 Å². The Bertz CT molecular complexity index is 396. The monoisotopic (exact) mass is 220 g/mol. The van der Waals surface area contributed by atoms with Crippen LogP contribution in [0.2, 0.25) is 0 Å². The lowest BCUT2D eigenvalue weighted by Gasteiger charge is -2.19. The predicted octanol–water partition coefficient (Wildman–Crippen LogP) is 3.45. The Hall–Kier alpha value is -0.760. The quantitative estimate of drug-likeness (QED) is 0.755. The second kappa shape index (κ2) is 4.40. The summed E-state index contributed by atoms with van der Waals surface area (Å²) in [5.74, 6) is 0.307. The lowest BCUT2D eigenvalue weighted by Crippen LogP contribution is -2.13. The molecule has 1 aliphatic carbocycles. The van der Waals surface area contributed by atoms with Gasteiger partial charge in [0.2, 0.25) is 0 Å². The summed E-state index contributed by atoms with van der Waals surface area (Å²) in [6.45, 7) is 2.16. The van der Waals surface area contributed by atoms with Gasteiger partial charge >= 0.3 is 0 Å². The molecular weight excluding hydrogens is 204 g/mol. The van der Waals surface area contributed by atoms with E-state index in [0.717, 1.165) is 36.1 Å². The summed E-state index contributed by atoms with van der Waals surface area (Å²) in [4.78, 5) is 12.8. The maximum Gasteiger partial charge on any atom is 0.163 e. The van der Waals surface area contributed by atoms with Gasteiger partial charge in [0.05, 0.1) is 0 Å². The molecule has 0 N–H and O–H groups in total. The van der Waals surface area contributed by atoms with Gasteiger partial charge in [0, 0.05) is 16.9 Å². The fraction of sp³-hybridized carbons (Fsp3) is 0.462. The molecule has 1 aromatic rings. The molecule has 2 rings (SSSR count). The van der Waals surface area contributed by atoms with Crippen molar-refractivity contribution in [3.63, 3.8) is 0 Å². The summed E-state index contributed by atoms with van der Waals surface area (Å²) in [5, 5.41) is 0.